The molecule has 0 amide bonds. The number of fused-ring (bicyclic) bond motifs is 1. The van der Waals surface area contributed by atoms with Crippen molar-refractivity contribution in [1.29, 1.82) is 0 Å². The van der Waals surface area contributed by atoms with E-state index in [1.807, 2.05) is 12.1 Å². The van der Waals surface area contributed by atoms with Crippen LogP contribution in [-0.2, 0) is 9.53 Å². The lowest BCUT2D eigenvalue weighted by Gasteiger charge is -2.22. The molecule has 0 saturated heterocycles. The van der Waals surface area contributed by atoms with Gasteiger partial charge in [-0.25, -0.2) is 9.78 Å². The summed E-state index contributed by atoms with van der Waals surface area (Å²) in [6.07, 6.45) is 6.03. The Labute approximate surface area is 229 Å². The highest BCUT2D eigenvalue weighted by atomic mass is 79.9. The molecule has 2 aromatic carbocycles. The summed E-state index contributed by atoms with van der Waals surface area (Å²) in [4.78, 5) is 30.5. The van der Waals surface area contributed by atoms with E-state index in [0.29, 0.717) is 33.8 Å². The van der Waals surface area contributed by atoms with Gasteiger partial charge in [0.15, 0.2) is 17.6 Å². The van der Waals surface area contributed by atoms with Crippen LogP contribution in [0.4, 0.5) is 0 Å². The Morgan fingerprint density at radius 2 is 1.84 bits per heavy atom. The van der Waals surface area contributed by atoms with Gasteiger partial charge in [-0.05, 0) is 57.0 Å². The van der Waals surface area contributed by atoms with E-state index in [0.717, 1.165) is 30.2 Å². The number of halogens is 1. The number of carbonyl (C=O) groups is 1. The molecule has 9 nitrogen and oxygen atoms in total. The minimum atomic E-state index is -0.864. The van der Waals surface area contributed by atoms with E-state index in [1.165, 1.54) is 25.3 Å². The monoisotopic (exact) mass is 585 g/mol. The number of methoxy groups -OCH3 is 2. The van der Waals surface area contributed by atoms with Crippen molar-refractivity contribution < 1.29 is 23.7 Å². The fourth-order valence-electron chi connectivity index (χ4n) is 4.60. The third-order valence-electron chi connectivity index (χ3n) is 6.52. The highest BCUT2D eigenvalue weighted by Gasteiger charge is 2.24. The van der Waals surface area contributed by atoms with Crippen LogP contribution in [0, 0.1) is 0 Å². The second-order valence-electron chi connectivity index (χ2n) is 9.09. The van der Waals surface area contributed by atoms with Crippen molar-refractivity contribution in [2.24, 2.45) is 5.10 Å². The second-order valence-corrected chi connectivity index (χ2v) is 10.0. The minimum Gasteiger partial charge on any atom is -0.493 e. The number of carbonyl (C=O) groups excluding carboxylic acids is 1. The maximum absolute atomic E-state index is 13.6. The van der Waals surface area contributed by atoms with Crippen molar-refractivity contribution in [2.45, 2.75) is 58.0 Å². The number of aromatic nitrogens is 2. The van der Waals surface area contributed by atoms with Crippen LogP contribution in [-0.4, -0.2) is 48.8 Å². The van der Waals surface area contributed by atoms with Crippen LogP contribution in [0.5, 0.6) is 17.2 Å². The van der Waals surface area contributed by atoms with E-state index in [2.05, 4.69) is 21.0 Å². The standard InChI is InChI=1S/C28H32BrN3O6/c1-5-37-28(34)17(2)38-25-23(35-3)13-18(14-24(25)36-4)16-30-32-26(19-9-7-6-8-10-19)31-22-12-11-20(29)15-21(22)27(32)33/h11-17,19H,5-10H2,1-4H3/t17-/m1/s1. The third kappa shape index (κ3) is 6.01. The molecule has 4 rings (SSSR count). The summed E-state index contributed by atoms with van der Waals surface area (Å²) in [7, 11) is 2.99. The van der Waals surface area contributed by atoms with Crippen LogP contribution in [0.3, 0.4) is 0 Å². The molecule has 0 bridgehead atoms. The molecule has 1 heterocycles. The van der Waals surface area contributed by atoms with E-state index in [1.54, 1.807) is 38.3 Å². The number of hydrogen-bond acceptors (Lipinski definition) is 8. The van der Waals surface area contributed by atoms with Gasteiger partial charge in [0.05, 0.1) is 37.9 Å². The summed E-state index contributed by atoms with van der Waals surface area (Å²) in [6.45, 7) is 3.57. The lowest BCUT2D eigenvalue weighted by atomic mass is 9.88. The molecule has 1 atom stereocenters. The second kappa shape index (κ2) is 12.4. The summed E-state index contributed by atoms with van der Waals surface area (Å²) in [6, 6.07) is 8.92. The molecule has 0 spiro atoms. The zero-order chi connectivity index (χ0) is 27.2. The highest BCUT2D eigenvalue weighted by molar-refractivity contribution is 9.10. The van der Waals surface area contributed by atoms with Crippen molar-refractivity contribution in [3.05, 3.63) is 56.5 Å². The molecule has 1 aliphatic carbocycles. The van der Waals surface area contributed by atoms with Crippen molar-refractivity contribution in [3.63, 3.8) is 0 Å². The maximum Gasteiger partial charge on any atom is 0.347 e. The Morgan fingerprint density at radius 3 is 2.47 bits per heavy atom. The summed E-state index contributed by atoms with van der Waals surface area (Å²) in [5, 5.41) is 5.09. The van der Waals surface area contributed by atoms with E-state index >= 15 is 0 Å². The van der Waals surface area contributed by atoms with Crippen molar-refractivity contribution in [1.82, 2.24) is 9.66 Å². The summed E-state index contributed by atoms with van der Waals surface area (Å²) in [5.74, 6) is 1.30. The Kier molecular flexibility index (Phi) is 9.04. The van der Waals surface area contributed by atoms with E-state index in [4.69, 9.17) is 23.9 Å². The topological polar surface area (TPSA) is 101 Å². The summed E-state index contributed by atoms with van der Waals surface area (Å²) >= 11 is 3.45. The predicted octanol–water partition coefficient (Wildman–Crippen LogP) is 5.44. The zero-order valence-electron chi connectivity index (χ0n) is 22.0. The number of benzene rings is 2. The molecule has 0 aliphatic heterocycles. The molecule has 202 valence electrons. The Bertz CT molecular complexity index is 1370. The highest BCUT2D eigenvalue weighted by Crippen LogP contribution is 2.39. The fourth-order valence-corrected chi connectivity index (χ4v) is 4.96. The first-order chi connectivity index (χ1) is 18.4. The van der Waals surface area contributed by atoms with Crippen LogP contribution < -0.4 is 19.8 Å². The summed E-state index contributed by atoms with van der Waals surface area (Å²) < 4.78 is 24.1. The fraction of sp³-hybridized carbons (Fsp3) is 0.429. The average Bonchev–Trinajstić information content (AvgIpc) is 2.93. The molecule has 1 aromatic heterocycles. The molecular weight excluding hydrogens is 554 g/mol. The molecular formula is C28H32BrN3O6. The molecule has 0 unspecified atom stereocenters. The normalized spacial score (nSPS) is 15.0. The van der Waals surface area contributed by atoms with Gasteiger partial charge in [0, 0.05) is 16.0 Å². The Balaban J connectivity index is 1.76. The van der Waals surface area contributed by atoms with E-state index in [-0.39, 0.29) is 23.8 Å². The molecule has 3 aromatic rings. The summed E-state index contributed by atoms with van der Waals surface area (Å²) in [5.41, 5.74) is 1.05. The van der Waals surface area contributed by atoms with Gasteiger partial charge in [0.25, 0.3) is 5.56 Å². The first-order valence-electron chi connectivity index (χ1n) is 12.7. The van der Waals surface area contributed by atoms with Gasteiger partial charge in [-0.15, -0.1) is 0 Å². The smallest absolute Gasteiger partial charge is 0.347 e. The number of ether oxygens (including phenoxy) is 4. The predicted molar refractivity (Wildman–Crippen MR) is 149 cm³/mol. The average molecular weight is 586 g/mol. The largest absolute Gasteiger partial charge is 0.493 e. The maximum atomic E-state index is 13.6. The molecule has 1 fully saturated rings. The molecule has 1 aliphatic rings. The third-order valence-corrected chi connectivity index (χ3v) is 7.02. The van der Waals surface area contributed by atoms with Gasteiger partial charge in [-0.3, -0.25) is 4.79 Å². The van der Waals surface area contributed by atoms with Crippen LogP contribution in [0.2, 0.25) is 0 Å². The van der Waals surface area contributed by atoms with Crippen LogP contribution in [0.1, 0.15) is 63.3 Å². The van der Waals surface area contributed by atoms with Crippen LogP contribution in [0.15, 0.2) is 44.7 Å². The molecule has 38 heavy (non-hydrogen) atoms. The van der Waals surface area contributed by atoms with Crippen LogP contribution in [0.25, 0.3) is 10.9 Å². The number of hydrogen-bond donors (Lipinski definition) is 0. The SMILES string of the molecule is CCOC(=O)[C@@H](C)Oc1c(OC)cc(C=Nn2c(C3CCCCC3)nc3ccc(Br)cc3c2=O)cc1OC. The van der Waals surface area contributed by atoms with Gasteiger partial charge in [-0.2, -0.15) is 9.78 Å². The van der Waals surface area contributed by atoms with E-state index < -0.39 is 12.1 Å². The van der Waals surface area contributed by atoms with Gasteiger partial charge in [0.2, 0.25) is 5.75 Å². The lowest BCUT2D eigenvalue weighted by molar-refractivity contribution is -0.150. The first-order valence-corrected chi connectivity index (χ1v) is 13.5. The first kappa shape index (κ1) is 27.6. The van der Waals surface area contributed by atoms with Gasteiger partial charge in [0.1, 0.15) is 5.82 Å². The zero-order valence-corrected chi connectivity index (χ0v) is 23.6. The lowest BCUT2D eigenvalue weighted by Crippen LogP contribution is -2.26. The molecule has 0 radical (unpaired) electrons. The van der Waals surface area contributed by atoms with Crippen molar-refractivity contribution >= 4 is 39.0 Å². The van der Waals surface area contributed by atoms with Gasteiger partial charge < -0.3 is 18.9 Å². The van der Waals surface area contributed by atoms with Crippen molar-refractivity contribution in [3.8, 4) is 17.2 Å². The molecule has 0 N–H and O–H groups in total. The van der Waals surface area contributed by atoms with Gasteiger partial charge in [-0.1, -0.05) is 35.2 Å². The van der Waals surface area contributed by atoms with Crippen molar-refractivity contribution in [2.75, 3.05) is 20.8 Å². The van der Waals surface area contributed by atoms with Gasteiger partial charge >= 0.3 is 5.97 Å². The quantitative estimate of drug-likeness (QED) is 0.243. The number of esters is 1. The van der Waals surface area contributed by atoms with Crippen LogP contribution >= 0.6 is 15.9 Å². The van der Waals surface area contributed by atoms with E-state index in [9.17, 15) is 9.59 Å². The minimum absolute atomic E-state index is 0.158. The number of nitrogens with zero attached hydrogens (tertiary/aromatic N) is 3. The molecule has 1 saturated carbocycles. The number of rotatable bonds is 9. The Morgan fingerprint density at radius 1 is 1.16 bits per heavy atom. The Hall–Kier alpha value is -3.40. The molecule has 10 heteroatoms.